The van der Waals surface area contributed by atoms with E-state index in [0.29, 0.717) is 6.42 Å². The minimum absolute atomic E-state index is 0.0342. The Morgan fingerprint density at radius 3 is 2.29 bits per heavy atom. The molecule has 4 heteroatoms. The average molecular weight is 289 g/mol. The van der Waals surface area contributed by atoms with Gasteiger partial charge in [0.05, 0.1) is 26.2 Å². The van der Waals surface area contributed by atoms with E-state index in [2.05, 4.69) is 20.8 Å². The monoisotopic (exact) mass is 289 g/mol. The zero-order valence-electron chi connectivity index (χ0n) is 13.3. The quantitative estimate of drug-likeness (QED) is 0.801. The van der Waals surface area contributed by atoms with Gasteiger partial charge in [0.25, 0.3) is 0 Å². The zero-order valence-corrected chi connectivity index (χ0v) is 13.3. The highest BCUT2D eigenvalue weighted by Crippen LogP contribution is 2.40. The molecular formula is C17H23NO3. The van der Waals surface area contributed by atoms with Crippen LogP contribution in [-0.2, 0) is 9.53 Å². The van der Waals surface area contributed by atoms with Crippen LogP contribution >= 0.6 is 0 Å². The van der Waals surface area contributed by atoms with Gasteiger partial charge in [-0.2, -0.15) is 0 Å². The molecule has 0 saturated heterocycles. The number of carbonyl (C=O) groups excluding carboxylic acids is 1. The number of hydrogen-bond donors (Lipinski definition) is 0. The van der Waals surface area contributed by atoms with Gasteiger partial charge < -0.3 is 9.47 Å². The summed E-state index contributed by atoms with van der Waals surface area (Å²) in [4.78, 5) is 16.9. The minimum Gasteiger partial charge on any atom is -0.497 e. The van der Waals surface area contributed by atoms with E-state index < -0.39 is 0 Å². The third kappa shape index (κ3) is 3.26. The topological polar surface area (TPSA) is 47.9 Å². The molecule has 1 heterocycles. The number of carbonyl (C=O) groups is 1. The Kier molecular flexibility index (Phi) is 4.35. The van der Waals surface area contributed by atoms with Gasteiger partial charge in [-0.25, -0.2) is 0 Å². The Labute approximate surface area is 126 Å². The molecule has 0 bridgehead atoms. The van der Waals surface area contributed by atoms with Crippen molar-refractivity contribution < 1.29 is 14.3 Å². The van der Waals surface area contributed by atoms with Crippen molar-refractivity contribution in [2.24, 2.45) is 16.3 Å². The molecule has 0 aliphatic carbocycles. The summed E-state index contributed by atoms with van der Waals surface area (Å²) in [6, 6.07) is 7.56. The summed E-state index contributed by atoms with van der Waals surface area (Å²) in [7, 11) is 3.07. The molecule has 0 N–H and O–H groups in total. The lowest BCUT2D eigenvalue weighted by molar-refractivity contribution is -0.145. The molecule has 2 atom stereocenters. The van der Waals surface area contributed by atoms with Crippen molar-refractivity contribution in [3.8, 4) is 5.75 Å². The van der Waals surface area contributed by atoms with Gasteiger partial charge in [-0.15, -0.1) is 0 Å². The molecule has 0 fully saturated rings. The predicted molar refractivity (Wildman–Crippen MR) is 82.7 cm³/mol. The fourth-order valence-electron chi connectivity index (χ4n) is 2.60. The third-order valence-electron chi connectivity index (χ3n) is 3.92. The Hall–Kier alpha value is -1.84. The fraction of sp³-hybridized carbons (Fsp3) is 0.529. The second-order valence-corrected chi connectivity index (χ2v) is 6.38. The largest absolute Gasteiger partial charge is 0.497 e. The van der Waals surface area contributed by atoms with Crippen LogP contribution in [0, 0.1) is 11.3 Å². The number of aliphatic imine (C=N–C) groups is 1. The van der Waals surface area contributed by atoms with Gasteiger partial charge in [-0.1, -0.05) is 32.9 Å². The molecule has 1 aromatic carbocycles. The van der Waals surface area contributed by atoms with Crippen molar-refractivity contribution in [3.63, 3.8) is 0 Å². The van der Waals surface area contributed by atoms with Crippen LogP contribution in [0.1, 0.15) is 38.8 Å². The van der Waals surface area contributed by atoms with Crippen LogP contribution in [0.25, 0.3) is 0 Å². The standard InChI is InChI=1S/C17H23NO3/c1-17(2,3)14-10-13(16(19)21-5)15(18-14)11-6-8-12(20-4)9-7-11/h6-9,13,15H,10H2,1-5H3/t13-,15-/m0/s1. The van der Waals surface area contributed by atoms with E-state index in [1.54, 1.807) is 7.11 Å². The minimum atomic E-state index is -0.238. The number of esters is 1. The van der Waals surface area contributed by atoms with Crippen LogP contribution in [0.5, 0.6) is 5.75 Å². The van der Waals surface area contributed by atoms with E-state index in [1.807, 2.05) is 24.3 Å². The predicted octanol–water partition coefficient (Wildman–Crippen LogP) is 3.42. The highest BCUT2D eigenvalue weighted by molar-refractivity contribution is 5.95. The summed E-state index contributed by atoms with van der Waals surface area (Å²) < 4.78 is 10.1. The van der Waals surface area contributed by atoms with Crippen molar-refractivity contribution in [2.45, 2.75) is 33.2 Å². The van der Waals surface area contributed by atoms with Crippen LogP contribution < -0.4 is 4.74 Å². The Bertz CT molecular complexity index is 540. The van der Waals surface area contributed by atoms with Crippen molar-refractivity contribution in [3.05, 3.63) is 29.8 Å². The first-order chi connectivity index (χ1) is 9.86. The van der Waals surface area contributed by atoms with Crippen LogP contribution in [0.3, 0.4) is 0 Å². The van der Waals surface area contributed by atoms with Gasteiger partial charge >= 0.3 is 5.97 Å². The van der Waals surface area contributed by atoms with Crippen LogP contribution in [0.15, 0.2) is 29.3 Å². The van der Waals surface area contributed by atoms with Gasteiger partial charge in [0.1, 0.15) is 5.75 Å². The molecule has 0 spiro atoms. The second kappa shape index (κ2) is 5.88. The summed E-state index contributed by atoms with van der Waals surface area (Å²) in [6.45, 7) is 6.36. The SMILES string of the molecule is COC(=O)[C@H]1CC(C(C)(C)C)=N[C@H]1c1ccc(OC)cc1. The van der Waals surface area contributed by atoms with E-state index in [1.165, 1.54) is 7.11 Å². The summed E-state index contributed by atoms with van der Waals surface area (Å²) in [6.07, 6.45) is 0.660. The molecule has 1 aliphatic rings. The lowest BCUT2D eigenvalue weighted by Gasteiger charge is -2.18. The van der Waals surface area contributed by atoms with E-state index >= 15 is 0 Å². The van der Waals surface area contributed by atoms with Gasteiger partial charge in [-0.05, 0) is 23.1 Å². The maximum atomic E-state index is 12.1. The lowest BCUT2D eigenvalue weighted by atomic mass is 9.84. The Morgan fingerprint density at radius 2 is 1.81 bits per heavy atom. The Balaban J connectivity index is 2.34. The highest BCUT2D eigenvalue weighted by atomic mass is 16.5. The highest BCUT2D eigenvalue weighted by Gasteiger charge is 2.39. The van der Waals surface area contributed by atoms with Gasteiger partial charge in [0.15, 0.2) is 0 Å². The number of rotatable bonds is 3. The molecule has 4 nitrogen and oxygen atoms in total. The van der Waals surface area contributed by atoms with Crippen LogP contribution in [0.2, 0.25) is 0 Å². The number of hydrogen-bond acceptors (Lipinski definition) is 4. The lowest BCUT2D eigenvalue weighted by Crippen LogP contribution is -2.23. The maximum absolute atomic E-state index is 12.1. The molecule has 0 amide bonds. The number of benzene rings is 1. The van der Waals surface area contributed by atoms with Crippen LogP contribution in [0.4, 0.5) is 0 Å². The normalized spacial score (nSPS) is 21.9. The molecule has 1 aromatic rings. The molecule has 0 radical (unpaired) electrons. The Morgan fingerprint density at radius 1 is 1.19 bits per heavy atom. The van der Waals surface area contributed by atoms with Crippen molar-refractivity contribution in [2.75, 3.05) is 14.2 Å². The van der Waals surface area contributed by atoms with Crippen molar-refractivity contribution in [1.29, 1.82) is 0 Å². The average Bonchev–Trinajstić information content (AvgIpc) is 2.91. The summed E-state index contributed by atoms with van der Waals surface area (Å²) in [5.74, 6) is 0.364. The molecule has 0 saturated carbocycles. The van der Waals surface area contributed by atoms with Crippen molar-refractivity contribution >= 4 is 11.7 Å². The first-order valence-electron chi connectivity index (χ1n) is 7.15. The van der Waals surface area contributed by atoms with E-state index in [9.17, 15) is 4.79 Å². The fourth-order valence-corrected chi connectivity index (χ4v) is 2.60. The molecule has 114 valence electrons. The maximum Gasteiger partial charge on any atom is 0.311 e. The third-order valence-corrected chi connectivity index (χ3v) is 3.92. The number of nitrogens with zero attached hydrogens (tertiary/aromatic N) is 1. The van der Waals surface area contributed by atoms with E-state index in [4.69, 9.17) is 14.5 Å². The van der Waals surface area contributed by atoms with Crippen LogP contribution in [-0.4, -0.2) is 25.9 Å². The number of methoxy groups -OCH3 is 2. The molecule has 1 aliphatic heterocycles. The summed E-state index contributed by atoms with van der Waals surface area (Å²) in [5, 5.41) is 0. The molecule has 21 heavy (non-hydrogen) atoms. The summed E-state index contributed by atoms with van der Waals surface area (Å²) in [5.41, 5.74) is 2.05. The summed E-state index contributed by atoms with van der Waals surface area (Å²) >= 11 is 0. The van der Waals surface area contributed by atoms with Gasteiger partial charge in [0, 0.05) is 12.1 Å². The van der Waals surface area contributed by atoms with Gasteiger partial charge in [0.2, 0.25) is 0 Å². The zero-order chi connectivity index (χ0) is 15.6. The van der Waals surface area contributed by atoms with E-state index in [-0.39, 0.29) is 23.3 Å². The number of ether oxygens (including phenoxy) is 2. The molecule has 0 aromatic heterocycles. The molecule has 0 unspecified atom stereocenters. The molecular weight excluding hydrogens is 266 g/mol. The first-order valence-corrected chi connectivity index (χ1v) is 7.15. The van der Waals surface area contributed by atoms with Crippen molar-refractivity contribution in [1.82, 2.24) is 0 Å². The van der Waals surface area contributed by atoms with E-state index in [0.717, 1.165) is 17.0 Å². The molecule has 2 rings (SSSR count). The first kappa shape index (κ1) is 15.5. The second-order valence-electron chi connectivity index (χ2n) is 6.38. The smallest absolute Gasteiger partial charge is 0.311 e. The van der Waals surface area contributed by atoms with Gasteiger partial charge in [-0.3, -0.25) is 9.79 Å².